The SMILES string of the molecule is O=C(NC1C2CC3CC1CN(C3)C2)C1=Cc2cc(Cl)ccc2OC1. The molecule has 4 bridgehead atoms. The lowest BCUT2D eigenvalue weighted by Crippen LogP contribution is -2.64. The Morgan fingerprint density at radius 1 is 1.21 bits per heavy atom. The summed E-state index contributed by atoms with van der Waals surface area (Å²) in [4.78, 5) is 15.4. The van der Waals surface area contributed by atoms with Gasteiger partial charge in [0.05, 0.1) is 5.57 Å². The zero-order valence-electron chi connectivity index (χ0n) is 13.5. The molecule has 4 fully saturated rings. The van der Waals surface area contributed by atoms with Gasteiger partial charge in [0.2, 0.25) is 0 Å². The van der Waals surface area contributed by atoms with Crippen molar-refractivity contribution in [2.45, 2.75) is 18.9 Å². The highest BCUT2D eigenvalue weighted by atomic mass is 35.5. The van der Waals surface area contributed by atoms with Crippen LogP contribution in [0.4, 0.5) is 0 Å². The lowest BCUT2D eigenvalue weighted by molar-refractivity contribution is -0.122. The Labute approximate surface area is 146 Å². The Balaban J connectivity index is 1.34. The monoisotopic (exact) mass is 344 g/mol. The first-order valence-corrected chi connectivity index (χ1v) is 9.19. The maximum absolute atomic E-state index is 12.8. The van der Waals surface area contributed by atoms with Crippen molar-refractivity contribution in [3.05, 3.63) is 34.4 Å². The number of halogens is 1. The van der Waals surface area contributed by atoms with E-state index in [1.165, 1.54) is 19.4 Å². The average molecular weight is 345 g/mol. The molecule has 5 aliphatic rings. The van der Waals surface area contributed by atoms with E-state index < -0.39 is 0 Å². The highest BCUT2D eigenvalue weighted by molar-refractivity contribution is 6.30. The van der Waals surface area contributed by atoms with E-state index in [-0.39, 0.29) is 5.91 Å². The van der Waals surface area contributed by atoms with Gasteiger partial charge in [-0.3, -0.25) is 4.79 Å². The highest BCUT2D eigenvalue weighted by Gasteiger charge is 2.48. The van der Waals surface area contributed by atoms with E-state index in [9.17, 15) is 4.79 Å². The summed E-state index contributed by atoms with van der Waals surface area (Å²) in [7, 11) is 0. The molecule has 0 radical (unpaired) electrons. The fraction of sp³-hybridized carbons (Fsp3) is 0.526. The second-order valence-electron chi connectivity index (χ2n) is 7.72. The number of amides is 1. The van der Waals surface area contributed by atoms with E-state index in [4.69, 9.17) is 16.3 Å². The van der Waals surface area contributed by atoms with Crippen molar-refractivity contribution >= 4 is 23.6 Å². The fourth-order valence-electron chi connectivity index (χ4n) is 5.17. The summed E-state index contributed by atoms with van der Waals surface area (Å²) in [6, 6.07) is 5.84. The molecule has 1 amide bonds. The largest absolute Gasteiger partial charge is 0.488 e. The number of benzene rings is 1. The van der Waals surface area contributed by atoms with Crippen LogP contribution in [0.1, 0.15) is 18.4 Å². The predicted octanol–water partition coefficient (Wildman–Crippen LogP) is 2.57. The van der Waals surface area contributed by atoms with Crippen LogP contribution in [0.15, 0.2) is 23.8 Å². The summed E-state index contributed by atoms with van der Waals surface area (Å²) >= 11 is 6.05. The van der Waals surface area contributed by atoms with Crippen molar-refractivity contribution in [3.63, 3.8) is 0 Å². The maximum atomic E-state index is 12.8. The summed E-state index contributed by atoms with van der Waals surface area (Å²) in [6.07, 6.45) is 4.46. The van der Waals surface area contributed by atoms with Gasteiger partial charge in [0.15, 0.2) is 0 Å². The summed E-state index contributed by atoms with van der Waals surface area (Å²) in [6.45, 7) is 3.89. The molecule has 4 heterocycles. The number of carbonyl (C=O) groups is 1. The van der Waals surface area contributed by atoms with Crippen molar-refractivity contribution in [1.29, 1.82) is 0 Å². The standard InChI is InChI=1S/C19H21ClN2O2/c20-16-1-2-17-12(6-16)5-15(10-24-17)19(23)21-18-13-3-11-4-14(18)9-22(7-11)8-13/h1-2,5-6,11,13-14,18H,3-4,7-10H2,(H,21,23). The Kier molecular flexibility index (Phi) is 3.39. The first-order chi connectivity index (χ1) is 11.7. The highest BCUT2D eigenvalue weighted by Crippen LogP contribution is 2.43. The van der Waals surface area contributed by atoms with Gasteiger partial charge < -0.3 is 15.0 Å². The van der Waals surface area contributed by atoms with Crippen LogP contribution in [0.2, 0.25) is 5.02 Å². The zero-order valence-corrected chi connectivity index (χ0v) is 14.3. The lowest BCUT2D eigenvalue weighted by Gasteiger charge is -2.56. The minimum absolute atomic E-state index is 0.0214. The van der Waals surface area contributed by atoms with Crippen LogP contribution >= 0.6 is 11.6 Å². The summed E-state index contributed by atoms with van der Waals surface area (Å²) in [5.41, 5.74) is 1.58. The van der Waals surface area contributed by atoms with Gasteiger partial charge in [-0.1, -0.05) is 11.6 Å². The predicted molar refractivity (Wildman–Crippen MR) is 93.0 cm³/mol. The number of rotatable bonds is 2. The smallest absolute Gasteiger partial charge is 0.250 e. The summed E-state index contributed by atoms with van der Waals surface area (Å²) in [5, 5.41) is 3.99. The van der Waals surface area contributed by atoms with Crippen LogP contribution in [0.5, 0.6) is 5.75 Å². The topological polar surface area (TPSA) is 41.6 Å². The molecular formula is C19H21ClN2O2. The van der Waals surface area contributed by atoms with Crippen LogP contribution in [0.3, 0.4) is 0 Å². The van der Waals surface area contributed by atoms with Crippen molar-refractivity contribution in [1.82, 2.24) is 10.2 Å². The zero-order chi connectivity index (χ0) is 16.3. The normalized spacial score (nSPS) is 35.9. The minimum atomic E-state index is 0.0214. The molecule has 1 aliphatic carbocycles. The number of ether oxygens (including phenoxy) is 1. The number of carbonyl (C=O) groups excluding carboxylic acids is 1. The van der Waals surface area contributed by atoms with Crippen LogP contribution in [0, 0.1) is 17.8 Å². The Hall–Kier alpha value is -1.52. The van der Waals surface area contributed by atoms with Gasteiger partial charge in [0.1, 0.15) is 12.4 Å². The number of piperidine rings is 3. The molecule has 126 valence electrons. The number of nitrogens with one attached hydrogen (secondary N) is 1. The van der Waals surface area contributed by atoms with Gasteiger partial charge in [0, 0.05) is 36.3 Å². The number of hydrogen-bond acceptors (Lipinski definition) is 3. The first-order valence-electron chi connectivity index (χ1n) is 8.82. The second kappa shape index (κ2) is 5.50. The third kappa shape index (κ3) is 2.44. The van der Waals surface area contributed by atoms with E-state index in [0.29, 0.717) is 35.1 Å². The average Bonchev–Trinajstić information content (AvgIpc) is 2.56. The van der Waals surface area contributed by atoms with Gasteiger partial charge >= 0.3 is 0 Å². The molecule has 1 aromatic carbocycles. The number of nitrogens with zero attached hydrogens (tertiary/aromatic N) is 1. The number of hydrogen-bond donors (Lipinski definition) is 1. The molecule has 0 spiro atoms. The molecule has 1 N–H and O–H groups in total. The van der Waals surface area contributed by atoms with Gasteiger partial charge in [-0.05, 0) is 54.9 Å². The third-order valence-corrected chi connectivity index (χ3v) is 6.30. The van der Waals surface area contributed by atoms with Gasteiger partial charge in [-0.15, -0.1) is 0 Å². The fourth-order valence-corrected chi connectivity index (χ4v) is 5.35. The third-order valence-electron chi connectivity index (χ3n) is 6.06. The van der Waals surface area contributed by atoms with Crippen molar-refractivity contribution < 1.29 is 9.53 Å². The van der Waals surface area contributed by atoms with Crippen molar-refractivity contribution in [3.8, 4) is 5.75 Å². The Bertz CT molecular complexity index is 702. The van der Waals surface area contributed by atoms with Gasteiger partial charge in [-0.25, -0.2) is 0 Å². The van der Waals surface area contributed by atoms with Crippen LogP contribution < -0.4 is 10.1 Å². The van der Waals surface area contributed by atoms with E-state index in [1.807, 2.05) is 24.3 Å². The van der Waals surface area contributed by atoms with E-state index in [0.717, 1.165) is 30.3 Å². The molecule has 6 rings (SSSR count). The minimum Gasteiger partial charge on any atom is -0.488 e. The second-order valence-corrected chi connectivity index (χ2v) is 8.15. The van der Waals surface area contributed by atoms with E-state index in [2.05, 4.69) is 10.2 Å². The van der Waals surface area contributed by atoms with Crippen molar-refractivity contribution in [2.24, 2.45) is 17.8 Å². The molecule has 24 heavy (non-hydrogen) atoms. The molecule has 2 atom stereocenters. The van der Waals surface area contributed by atoms with Crippen molar-refractivity contribution in [2.75, 3.05) is 26.2 Å². The molecular weight excluding hydrogens is 324 g/mol. The Morgan fingerprint density at radius 3 is 2.75 bits per heavy atom. The molecule has 1 saturated carbocycles. The quantitative estimate of drug-likeness (QED) is 0.896. The van der Waals surface area contributed by atoms with E-state index in [1.54, 1.807) is 0 Å². The maximum Gasteiger partial charge on any atom is 0.250 e. The molecule has 5 heteroatoms. The molecule has 4 aliphatic heterocycles. The van der Waals surface area contributed by atoms with E-state index >= 15 is 0 Å². The summed E-state index contributed by atoms with van der Waals surface area (Å²) < 4.78 is 5.72. The summed E-state index contributed by atoms with van der Waals surface area (Å²) in [5.74, 6) is 2.90. The molecule has 4 nitrogen and oxygen atoms in total. The molecule has 3 saturated heterocycles. The number of fused-ring (bicyclic) bond motifs is 1. The van der Waals surface area contributed by atoms with Crippen LogP contribution in [-0.4, -0.2) is 43.1 Å². The lowest BCUT2D eigenvalue weighted by atomic mass is 9.65. The molecule has 2 unspecified atom stereocenters. The molecule has 1 aromatic rings. The Morgan fingerprint density at radius 2 is 2.00 bits per heavy atom. The van der Waals surface area contributed by atoms with Crippen LogP contribution in [0.25, 0.3) is 6.08 Å². The van der Waals surface area contributed by atoms with Crippen LogP contribution in [-0.2, 0) is 4.79 Å². The molecule has 0 aromatic heterocycles. The van der Waals surface area contributed by atoms with Gasteiger partial charge in [0.25, 0.3) is 5.91 Å². The van der Waals surface area contributed by atoms with Gasteiger partial charge in [-0.2, -0.15) is 0 Å². The first kappa shape index (κ1) is 14.8.